The maximum absolute atomic E-state index is 6.48. The summed E-state index contributed by atoms with van der Waals surface area (Å²) in [5, 5.41) is 10.3. The van der Waals surface area contributed by atoms with E-state index in [1.54, 1.807) is 18.0 Å². The molecule has 0 amide bonds. The van der Waals surface area contributed by atoms with E-state index in [1.165, 1.54) is 0 Å². The van der Waals surface area contributed by atoms with Crippen LogP contribution in [0.4, 0.5) is 0 Å². The van der Waals surface area contributed by atoms with Gasteiger partial charge in [-0.2, -0.15) is 0 Å². The van der Waals surface area contributed by atoms with Crippen molar-refractivity contribution in [3.63, 3.8) is 0 Å². The van der Waals surface area contributed by atoms with Gasteiger partial charge in [0.05, 0.1) is 17.3 Å². The van der Waals surface area contributed by atoms with E-state index in [9.17, 15) is 0 Å². The fourth-order valence-corrected chi connectivity index (χ4v) is 4.41. The summed E-state index contributed by atoms with van der Waals surface area (Å²) in [7, 11) is 0. The molecule has 0 unspecified atom stereocenters. The number of hydrogen-bond donors (Lipinski definition) is 0. The number of imidazole rings is 1. The second-order valence-corrected chi connectivity index (χ2v) is 8.25. The van der Waals surface area contributed by atoms with Gasteiger partial charge in [-0.05, 0) is 49.4 Å². The minimum atomic E-state index is 0.617. The summed E-state index contributed by atoms with van der Waals surface area (Å²) in [6, 6.07) is 17.4. The lowest BCUT2D eigenvalue weighted by atomic mass is 10.2. The zero-order chi connectivity index (χ0) is 21.9. The standard InChI is InChI=1S/C23H19ClN6OS/c1-2-31-18-10-8-17(9-11-18)30-21(19-6-3-4-7-20(19)24)27-28-23(30)32-15-16-14-29-13-5-12-25-22(29)26-16/h3-14H,2,15H2,1H3. The first-order valence-electron chi connectivity index (χ1n) is 10.1. The normalized spacial score (nSPS) is 11.2. The maximum atomic E-state index is 6.48. The van der Waals surface area contributed by atoms with E-state index in [2.05, 4.69) is 20.2 Å². The molecular formula is C23H19ClN6OS. The second-order valence-electron chi connectivity index (χ2n) is 6.90. The van der Waals surface area contributed by atoms with Crippen LogP contribution in [-0.4, -0.2) is 35.7 Å². The van der Waals surface area contributed by atoms with Gasteiger partial charge in [0.2, 0.25) is 5.78 Å². The summed E-state index contributed by atoms with van der Waals surface area (Å²) in [5.41, 5.74) is 2.65. The van der Waals surface area contributed by atoms with Crippen molar-refractivity contribution in [3.05, 3.63) is 83.9 Å². The van der Waals surface area contributed by atoms with E-state index in [-0.39, 0.29) is 0 Å². The van der Waals surface area contributed by atoms with Crippen LogP contribution < -0.4 is 4.74 Å². The zero-order valence-corrected chi connectivity index (χ0v) is 18.8. The summed E-state index contributed by atoms with van der Waals surface area (Å²) in [5.74, 6) is 2.79. The first-order chi connectivity index (χ1) is 15.7. The lowest BCUT2D eigenvalue weighted by Gasteiger charge is -2.12. The number of benzene rings is 2. The van der Waals surface area contributed by atoms with Gasteiger partial charge < -0.3 is 4.74 Å². The highest BCUT2D eigenvalue weighted by atomic mass is 35.5. The number of ether oxygens (including phenoxy) is 1. The highest BCUT2D eigenvalue weighted by Crippen LogP contribution is 2.33. The topological polar surface area (TPSA) is 70.1 Å². The summed E-state index contributed by atoms with van der Waals surface area (Å²) in [4.78, 5) is 8.86. The van der Waals surface area contributed by atoms with Crippen molar-refractivity contribution in [2.75, 3.05) is 6.61 Å². The van der Waals surface area contributed by atoms with Crippen molar-refractivity contribution < 1.29 is 4.74 Å². The molecule has 0 aliphatic heterocycles. The number of aromatic nitrogens is 6. The van der Waals surface area contributed by atoms with Gasteiger partial charge in [0.15, 0.2) is 11.0 Å². The molecule has 0 spiro atoms. The highest BCUT2D eigenvalue weighted by Gasteiger charge is 2.18. The predicted molar refractivity (Wildman–Crippen MR) is 126 cm³/mol. The van der Waals surface area contributed by atoms with Crippen LogP contribution in [0.15, 0.2) is 78.3 Å². The third-order valence-corrected chi connectivity index (χ3v) is 6.08. The van der Waals surface area contributed by atoms with Crippen LogP contribution in [0, 0.1) is 0 Å². The molecule has 32 heavy (non-hydrogen) atoms. The minimum Gasteiger partial charge on any atom is -0.494 e. The molecule has 7 nitrogen and oxygen atoms in total. The predicted octanol–water partition coefficient (Wildman–Crippen LogP) is 5.32. The summed E-state index contributed by atoms with van der Waals surface area (Å²) >= 11 is 8.04. The van der Waals surface area contributed by atoms with Crippen molar-refractivity contribution in [1.29, 1.82) is 0 Å². The summed E-state index contributed by atoms with van der Waals surface area (Å²) in [6.45, 7) is 2.58. The molecule has 0 aliphatic rings. The van der Waals surface area contributed by atoms with Gasteiger partial charge in [0.1, 0.15) is 5.75 Å². The SMILES string of the molecule is CCOc1ccc(-n2c(SCc3cn4cccnc4n3)nnc2-c2ccccc2Cl)cc1. The first kappa shape index (κ1) is 20.5. The quantitative estimate of drug-likeness (QED) is 0.305. The van der Waals surface area contributed by atoms with E-state index in [1.807, 2.05) is 82.9 Å². The monoisotopic (exact) mass is 462 g/mol. The first-order valence-corrected chi connectivity index (χ1v) is 11.4. The molecule has 0 N–H and O–H groups in total. The largest absolute Gasteiger partial charge is 0.494 e. The zero-order valence-electron chi connectivity index (χ0n) is 17.2. The Morgan fingerprint density at radius 2 is 1.88 bits per heavy atom. The van der Waals surface area contributed by atoms with Gasteiger partial charge in [-0.25, -0.2) is 9.97 Å². The van der Waals surface area contributed by atoms with Crippen LogP contribution in [0.3, 0.4) is 0 Å². The lowest BCUT2D eigenvalue weighted by Crippen LogP contribution is -2.01. The average molecular weight is 463 g/mol. The number of rotatable bonds is 7. The Labute approximate surface area is 194 Å². The Balaban J connectivity index is 1.52. The van der Waals surface area contributed by atoms with Crippen LogP contribution >= 0.6 is 23.4 Å². The highest BCUT2D eigenvalue weighted by molar-refractivity contribution is 7.98. The van der Waals surface area contributed by atoms with E-state index >= 15 is 0 Å². The van der Waals surface area contributed by atoms with Gasteiger partial charge in [-0.1, -0.05) is 35.5 Å². The fraction of sp³-hybridized carbons (Fsp3) is 0.130. The van der Waals surface area contributed by atoms with Gasteiger partial charge in [0.25, 0.3) is 0 Å². The molecule has 2 aromatic carbocycles. The Morgan fingerprint density at radius 3 is 2.66 bits per heavy atom. The molecule has 0 bridgehead atoms. The second kappa shape index (κ2) is 9.02. The Morgan fingerprint density at radius 1 is 1.03 bits per heavy atom. The fourth-order valence-electron chi connectivity index (χ4n) is 3.36. The molecule has 5 rings (SSSR count). The molecule has 3 heterocycles. The van der Waals surface area contributed by atoms with Crippen LogP contribution in [-0.2, 0) is 5.75 Å². The molecule has 0 atom stereocenters. The smallest absolute Gasteiger partial charge is 0.233 e. The minimum absolute atomic E-state index is 0.617. The number of fused-ring (bicyclic) bond motifs is 1. The van der Waals surface area contributed by atoms with Crippen LogP contribution in [0.1, 0.15) is 12.6 Å². The van der Waals surface area contributed by atoms with Crippen molar-refractivity contribution in [1.82, 2.24) is 29.1 Å². The maximum Gasteiger partial charge on any atom is 0.233 e. The summed E-state index contributed by atoms with van der Waals surface area (Å²) < 4.78 is 9.51. The van der Waals surface area contributed by atoms with E-state index in [0.717, 1.165) is 27.9 Å². The Bertz CT molecular complexity index is 1330. The van der Waals surface area contributed by atoms with Crippen molar-refractivity contribution in [2.45, 2.75) is 17.8 Å². The van der Waals surface area contributed by atoms with Crippen molar-refractivity contribution in [2.24, 2.45) is 0 Å². The van der Waals surface area contributed by atoms with Crippen LogP contribution in [0.2, 0.25) is 5.02 Å². The molecule has 9 heteroatoms. The van der Waals surface area contributed by atoms with Crippen LogP contribution in [0.25, 0.3) is 22.9 Å². The average Bonchev–Trinajstić information content (AvgIpc) is 3.42. The number of thioether (sulfide) groups is 1. The Hall–Kier alpha value is -3.36. The van der Waals surface area contributed by atoms with E-state index in [4.69, 9.17) is 16.3 Å². The molecule has 0 radical (unpaired) electrons. The molecule has 0 fully saturated rings. The number of hydrogen-bond acceptors (Lipinski definition) is 6. The molecule has 0 saturated carbocycles. The van der Waals surface area contributed by atoms with E-state index in [0.29, 0.717) is 29.0 Å². The molecule has 160 valence electrons. The molecule has 5 aromatic rings. The summed E-state index contributed by atoms with van der Waals surface area (Å²) in [6.07, 6.45) is 5.64. The van der Waals surface area contributed by atoms with Crippen molar-refractivity contribution in [3.8, 4) is 22.8 Å². The third-order valence-electron chi connectivity index (χ3n) is 4.79. The third kappa shape index (κ3) is 4.06. The molecule has 0 saturated heterocycles. The van der Waals surface area contributed by atoms with Crippen molar-refractivity contribution >= 4 is 29.1 Å². The molecular weight excluding hydrogens is 444 g/mol. The van der Waals surface area contributed by atoms with E-state index < -0.39 is 0 Å². The Kier molecular flexibility index (Phi) is 5.79. The lowest BCUT2D eigenvalue weighted by molar-refractivity contribution is 0.340. The number of halogens is 1. The van der Waals surface area contributed by atoms with Gasteiger partial charge in [-0.15, -0.1) is 10.2 Å². The van der Waals surface area contributed by atoms with Crippen LogP contribution in [0.5, 0.6) is 5.75 Å². The molecule has 0 aliphatic carbocycles. The molecule has 3 aromatic heterocycles. The van der Waals surface area contributed by atoms with Gasteiger partial charge >= 0.3 is 0 Å². The number of nitrogens with zero attached hydrogens (tertiary/aromatic N) is 6. The van der Waals surface area contributed by atoms with Gasteiger partial charge in [0, 0.05) is 35.6 Å². The van der Waals surface area contributed by atoms with Gasteiger partial charge in [-0.3, -0.25) is 8.97 Å².